The average molecular weight is 381 g/mol. The summed E-state index contributed by atoms with van der Waals surface area (Å²) < 4.78 is 5.28. The molecule has 0 aliphatic carbocycles. The predicted molar refractivity (Wildman–Crippen MR) is 114 cm³/mol. The molecular formula is C24H19N3O2. The molecule has 0 saturated heterocycles. The lowest BCUT2D eigenvalue weighted by atomic mass is 10.0. The molecule has 142 valence electrons. The number of nitrogens with zero attached hydrogens (tertiary/aromatic N) is 2. The summed E-state index contributed by atoms with van der Waals surface area (Å²) in [5.74, 6) is 1.29. The Bertz CT molecular complexity index is 1190. The second-order valence-corrected chi connectivity index (χ2v) is 6.91. The summed E-state index contributed by atoms with van der Waals surface area (Å²) >= 11 is 0. The van der Waals surface area contributed by atoms with E-state index >= 15 is 0 Å². The molecule has 1 aliphatic rings. The molecule has 5 rings (SSSR count). The Morgan fingerprint density at radius 2 is 1.66 bits per heavy atom. The van der Waals surface area contributed by atoms with Gasteiger partial charge < -0.3 is 10.1 Å². The molecule has 0 radical (unpaired) electrons. The van der Waals surface area contributed by atoms with Crippen LogP contribution in [0.15, 0.2) is 84.9 Å². The maximum atomic E-state index is 13.6. The summed E-state index contributed by atoms with van der Waals surface area (Å²) in [5, 5.41) is 4.42. The SMILES string of the molecule is COc1ccc([C@H]2Nc3nc4ccccc4cc3C(=O)N2c2ccccc2)cc1. The van der Waals surface area contributed by atoms with Crippen molar-refractivity contribution in [3.63, 3.8) is 0 Å². The number of carbonyl (C=O) groups excluding carboxylic acids is 1. The van der Waals surface area contributed by atoms with Gasteiger partial charge in [-0.05, 0) is 42.0 Å². The number of hydrogen-bond donors (Lipinski definition) is 1. The van der Waals surface area contributed by atoms with Crippen LogP contribution in [0.25, 0.3) is 10.9 Å². The number of ether oxygens (including phenoxy) is 1. The Kier molecular flexibility index (Phi) is 4.13. The first-order valence-electron chi connectivity index (χ1n) is 9.43. The van der Waals surface area contributed by atoms with E-state index in [2.05, 4.69) is 5.32 Å². The number of para-hydroxylation sites is 2. The third-order valence-electron chi connectivity index (χ3n) is 5.17. The van der Waals surface area contributed by atoms with E-state index in [9.17, 15) is 4.79 Å². The van der Waals surface area contributed by atoms with Crippen LogP contribution >= 0.6 is 0 Å². The third kappa shape index (κ3) is 2.97. The first kappa shape index (κ1) is 17.3. The van der Waals surface area contributed by atoms with Gasteiger partial charge in [-0.1, -0.05) is 48.5 Å². The van der Waals surface area contributed by atoms with Gasteiger partial charge in [0.05, 0.1) is 18.2 Å². The van der Waals surface area contributed by atoms with Gasteiger partial charge in [0.25, 0.3) is 5.91 Å². The third-order valence-corrected chi connectivity index (χ3v) is 5.17. The van der Waals surface area contributed by atoms with Gasteiger partial charge in [-0.3, -0.25) is 9.69 Å². The zero-order valence-electron chi connectivity index (χ0n) is 15.9. The molecule has 0 bridgehead atoms. The van der Waals surface area contributed by atoms with E-state index in [4.69, 9.17) is 9.72 Å². The van der Waals surface area contributed by atoms with Crippen molar-refractivity contribution >= 4 is 28.3 Å². The van der Waals surface area contributed by atoms with Gasteiger partial charge in [-0.15, -0.1) is 0 Å². The zero-order valence-corrected chi connectivity index (χ0v) is 15.9. The predicted octanol–water partition coefficient (Wildman–Crippen LogP) is 5.01. The van der Waals surface area contributed by atoms with Crippen LogP contribution in [-0.2, 0) is 0 Å². The Labute approximate surface area is 168 Å². The molecule has 3 aromatic carbocycles. The zero-order chi connectivity index (χ0) is 19.8. The summed E-state index contributed by atoms with van der Waals surface area (Å²) in [6.07, 6.45) is -0.378. The van der Waals surface area contributed by atoms with Gasteiger partial charge in [-0.25, -0.2) is 4.98 Å². The molecule has 0 unspecified atom stereocenters. The van der Waals surface area contributed by atoms with Crippen LogP contribution in [-0.4, -0.2) is 18.0 Å². The second-order valence-electron chi connectivity index (χ2n) is 6.91. The molecular weight excluding hydrogens is 362 g/mol. The summed E-state index contributed by atoms with van der Waals surface area (Å²) in [7, 11) is 1.64. The molecule has 1 aliphatic heterocycles. The van der Waals surface area contributed by atoms with Crippen molar-refractivity contribution in [2.45, 2.75) is 6.17 Å². The van der Waals surface area contributed by atoms with E-state index in [1.165, 1.54) is 0 Å². The van der Waals surface area contributed by atoms with Crippen LogP contribution in [0.4, 0.5) is 11.5 Å². The van der Waals surface area contributed by atoms with Gasteiger partial charge in [0, 0.05) is 11.1 Å². The Balaban J connectivity index is 1.67. The van der Waals surface area contributed by atoms with E-state index in [-0.39, 0.29) is 12.1 Å². The van der Waals surface area contributed by atoms with E-state index in [1.807, 2.05) is 84.9 Å². The van der Waals surface area contributed by atoms with Gasteiger partial charge >= 0.3 is 0 Å². The molecule has 0 spiro atoms. The van der Waals surface area contributed by atoms with Crippen LogP contribution in [0.1, 0.15) is 22.1 Å². The van der Waals surface area contributed by atoms with E-state index in [1.54, 1.807) is 12.0 Å². The molecule has 0 fully saturated rings. The highest BCUT2D eigenvalue weighted by atomic mass is 16.5. The van der Waals surface area contributed by atoms with Crippen LogP contribution in [0, 0.1) is 0 Å². The highest BCUT2D eigenvalue weighted by molar-refractivity contribution is 6.13. The minimum atomic E-state index is -0.378. The van der Waals surface area contributed by atoms with Gasteiger partial charge in [-0.2, -0.15) is 0 Å². The van der Waals surface area contributed by atoms with E-state index in [0.717, 1.165) is 27.9 Å². The fraction of sp³-hybridized carbons (Fsp3) is 0.0833. The van der Waals surface area contributed by atoms with E-state index < -0.39 is 0 Å². The maximum absolute atomic E-state index is 13.6. The smallest absolute Gasteiger partial charge is 0.264 e. The molecule has 1 aromatic heterocycles. The monoisotopic (exact) mass is 381 g/mol. The minimum absolute atomic E-state index is 0.0796. The van der Waals surface area contributed by atoms with Crippen molar-refractivity contribution in [1.29, 1.82) is 0 Å². The number of anilines is 2. The number of pyridine rings is 1. The van der Waals surface area contributed by atoms with Crippen LogP contribution in [0.2, 0.25) is 0 Å². The summed E-state index contributed by atoms with van der Waals surface area (Å²) in [6.45, 7) is 0. The molecule has 1 atom stereocenters. The number of fused-ring (bicyclic) bond motifs is 2. The first-order valence-corrected chi connectivity index (χ1v) is 9.43. The maximum Gasteiger partial charge on any atom is 0.264 e. The molecule has 1 amide bonds. The fourth-order valence-corrected chi connectivity index (χ4v) is 3.70. The Morgan fingerprint density at radius 1 is 0.931 bits per heavy atom. The number of carbonyl (C=O) groups is 1. The fourth-order valence-electron chi connectivity index (χ4n) is 3.70. The largest absolute Gasteiger partial charge is 0.497 e. The minimum Gasteiger partial charge on any atom is -0.497 e. The van der Waals surface area contributed by atoms with Crippen LogP contribution in [0.5, 0.6) is 5.75 Å². The highest BCUT2D eigenvalue weighted by Crippen LogP contribution is 2.37. The van der Waals surface area contributed by atoms with Crippen LogP contribution < -0.4 is 15.0 Å². The first-order chi connectivity index (χ1) is 14.2. The summed E-state index contributed by atoms with van der Waals surface area (Å²) in [4.78, 5) is 20.1. The molecule has 2 heterocycles. The van der Waals surface area contributed by atoms with Crippen molar-refractivity contribution in [3.05, 3.63) is 96.1 Å². The lowest BCUT2D eigenvalue weighted by Crippen LogP contribution is -2.43. The van der Waals surface area contributed by atoms with Gasteiger partial charge in [0.1, 0.15) is 17.7 Å². The Morgan fingerprint density at radius 3 is 2.41 bits per heavy atom. The standard InChI is InChI=1S/C24H19N3O2/c1-29-19-13-11-16(12-14-19)23-26-22-20(15-17-7-5-6-10-21(17)25-22)24(28)27(23)18-8-3-2-4-9-18/h2-15,23H,1H3,(H,25,26)/t23-/m0/s1. The number of methoxy groups -OCH3 is 1. The van der Waals surface area contributed by atoms with Crippen molar-refractivity contribution in [2.75, 3.05) is 17.3 Å². The molecule has 5 heteroatoms. The van der Waals surface area contributed by atoms with Crippen LogP contribution in [0.3, 0.4) is 0 Å². The summed E-state index contributed by atoms with van der Waals surface area (Å²) in [5.41, 5.74) is 3.19. The van der Waals surface area contributed by atoms with Crippen molar-refractivity contribution < 1.29 is 9.53 Å². The van der Waals surface area contributed by atoms with E-state index in [0.29, 0.717) is 11.4 Å². The number of amides is 1. The lowest BCUT2D eigenvalue weighted by Gasteiger charge is -2.37. The van der Waals surface area contributed by atoms with Crippen molar-refractivity contribution in [2.24, 2.45) is 0 Å². The van der Waals surface area contributed by atoms with Crippen molar-refractivity contribution in [3.8, 4) is 5.75 Å². The number of rotatable bonds is 3. The molecule has 5 nitrogen and oxygen atoms in total. The van der Waals surface area contributed by atoms with Crippen molar-refractivity contribution in [1.82, 2.24) is 4.98 Å². The van der Waals surface area contributed by atoms with Gasteiger partial charge in [0.15, 0.2) is 0 Å². The Hall–Kier alpha value is -3.86. The number of nitrogens with one attached hydrogen (secondary N) is 1. The normalized spacial score (nSPS) is 15.7. The van der Waals surface area contributed by atoms with Gasteiger partial charge in [0.2, 0.25) is 0 Å². The molecule has 4 aromatic rings. The number of hydrogen-bond acceptors (Lipinski definition) is 4. The number of aromatic nitrogens is 1. The summed E-state index contributed by atoms with van der Waals surface area (Å²) in [6, 6.07) is 27.1. The molecule has 1 N–H and O–H groups in total. The average Bonchev–Trinajstić information content (AvgIpc) is 2.78. The highest BCUT2D eigenvalue weighted by Gasteiger charge is 2.35. The second kappa shape index (κ2) is 6.95. The molecule has 29 heavy (non-hydrogen) atoms. The lowest BCUT2D eigenvalue weighted by molar-refractivity contribution is 0.0974. The topological polar surface area (TPSA) is 54.5 Å². The number of benzene rings is 3. The molecule has 0 saturated carbocycles. The quantitative estimate of drug-likeness (QED) is 0.542.